The molecule has 2 N–H and O–H groups in total. The van der Waals surface area contributed by atoms with Crippen LogP contribution in [-0.2, 0) is 20.4 Å². The number of carbonyl (C=O) groups is 1. The Labute approximate surface area is 174 Å². The third kappa shape index (κ3) is 5.06. The Morgan fingerprint density at radius 1 is 1.00 bits per heavy atom. The summed E-state index contributed by atoms with van der Waals surface area (Å²) in [5.74, 6) is -0.333. The molecule has 0 aromatic heterocycles. The molecular formula is C23H31NO4S. The van der Waals surface area contributed by atoms with E-state index in [4.69, 9.17) is 0 Å². The normalized spacial score (nSPS) is 12.5. The van der Waals surface area contributed by atoms with Crippen molar-refractivity contribution in [3.05, 3.63) is 53.1 Å². The number of sulfonamides is 1. The highest BCUT2D eigenvalue weighted by atomic mass is 32.2. The van der Waals surface area contributed by atoms with Crippen LogP contribution in [0.5, 0.6) is 0 Å². The lowest BCUT2D eigenvalue weighted by Crippen LogP contribution is -2.29. The highest BCUT2D eigenvalue weighted by Gasteiger charge is 2.27. The third-order valence-corrected chi connectivity index (χ3v) is 6.39. The fourth-order valence-electron chi connectivity index (χ4n) is 3.45. The average molecular weight is 418 g/mol. The molecule has 0 aliphatic carbocycles. The fraction of sp³-hybridized carbons (Fsp3) is 0.435. The van der Waals surface area contributed by atoms with Crippen molar-refractivity contribution >= 4 is 15.9 Å². The van der Waals surface area contributed by atoms with Crippen molar-refractivity contribution in [3.63, 3.8) is 0 Å². The van der Waals surface area contributed by atoms with Crippen molar-refractivity contribution in [2.45, 2.75) is 70.8 Å². The van der Waals surface area contributed by atoms with E-state index in [1.54, 1.807) is 26.0 Å². The topological polar surface area (TPSA) is 83.5 Å². The molecule has 29 heavy (non-hydrogen) atoms. The largest absolute Gasteiger partial charge is 0.386 e. The van der Waals surface area contributed by atoms with Crippen LogP contribution in [0.25, 0.3) is 11.1 Å². The number of hydrogen-bond acceptors (Lipinski definition) is 4. The standard InChI is InChI=1S/C23H31NO4S/c1-14(2)18-9-8-10-19(15(3)4)22(18)20-13-17(23(6,7)26)11-12-21(20)29(27,28)24-16(5)25/h8-15,26H,1-7H3,(H,24,25). The van der Waals surface area contributed by atoms with Gasteiger partial charge in [0.2, 0.25) is 5.91 Å². The Kier molecular flexibility index (Phi) is 6.60. The van der Waals surface area contributed by atoms with Gasteiger partial charge in [0, 0.05) is 12.5 Å². The van der Waals surface area contributed by atoms with Crippen LogP contribution in [0.1, 0.15) is 77.0 Å². The second kappa shape index (κ2) is 8.28. The maximum atomic E-state index is 13.0. The second-order valence-electron chi connectivity index (χ2n) is 8.55. The van der Waals surface area contributed by atoms with Gasteiger partial charge in [0.25, 0.3) is 10.0 Å². The molecule has 1 amide bonds. The summed E-state index contributed by atoms with van der Waals surface area (Å²) in [4.78, 5) is 11.6. The van der Waals surface area contributed by atoms with E-state index in [-0.39, 0.29) is 16.7 Å². The molecular weight excluding hydrogens is 386 g/mol. The molecule has 0 aliphatic rings. The molecule has 0 radical (unpaired) electrons. The lowest BCUT2D eigenvalue weighted by molar-refractivity contribution is -0.117. The van der Waals surface area contributed by atoms with Gasteiger partial charge in [-0.05, 0) is 60.1 Å². The summed E-state index contributed by atoms with van der Waals surface area (Å²) in [5, 5.41) is 10.5. The molecule has 5 nitrogen and oxygen atoms in total. The van der Waals surface area contributed by atoms with E-state index in [1.807, 2.05) is 18.2 Å². The van der Waals surface area contributed by atoms with E-state index >= 15 is 0 Å². The van der Waals surface area contributed by atoms with Gasteiger partial charge in [-0.3, -0.25) is 4.79 Å². The lowest BCUT2D eigenvalue weighted by atomic mass is 9.83. The van der Waals surface area contributed by atoms with Gasteiger partial charge in [-0.1, -0.05) is 52.0 Å². The van der Waals surface area contributed by atoms with Gasteiger partial charge in [0.15, 0.2) is 0 Å². The van der Waals surface area contributed by atoms with E-state index in [9.17, 15) is 18.3 Å². The minimum Gasteiger partial charge on any atom is -0.386 e. The summed E-state index contributed by atoms with van der Waals surface area (Å²) in [5.41, 5.74) is 2.82. The molecule has 0 bridgehead atoms. The summed E-state index contributed by atoms with van der Waals surface area (Å²) in [7, 11) is -4.07. The van der Waals surface area contributed by atoms with Gasteiger partial charge in [-0.2, -0.15) is 0 Å². The Morgan fingerprint density at radius 2 is 1.52 bits per heavy atom. The quantitative estimate of drug-likeness (QED) is 0.716. The molecule has 0 aliphatic heterocycles. The molecule has 0 fully saturated rings. The Bertz CT molecular complexity index is 989. The molecule has 0 spiro atoms. The summed E-state index contributed by atoms with van der Waals surface area (Å²) in [6.45, 7) is 12.7. The minimum absolute atomic E-state index is 0.0238. The maximum Gasteiger partial charge on any atom is 0.264 e. The molecule has 158 valence electrons. The molecule has 0 saturated heterocycles. The predicted octanol–water partition coefficient (Wildman–Crippen LogP) is 4.65. The monoisotopic (exact) mass is 417 g/mol. The van der Waals surface area contributed by atoms with E-state index in [0.29, 0.717) is 11.1 Å². The first-order valence-corrected chi connectivity index (χ1v) is 11.3. The fourth-order valence-corrected chi connectivity index (χ4v) is 4.63. The first kappa shape index (κ1) is 23.1. The number of rotatable bonds is 6. The molecule has 0 saturated carbocycles. The van der Waals surface area contributed by atoms with Crippen molar-refractivity contribution in [1.29, 1.82) is 0 Å². The van der Waals surface area contributed by atoms with E-state index in [1.165, 1.54) is 13.0 Å². The summed E-state index contributed by atoms with van der Waals surface area (Å²) in [6.07, 6.45) is 0. The van der Waals surface area contributed by atoms with Crippen LogP contribution in [0.2, 0.25) is 0 Å². The SMILES string of the molecule is CC(=O)NS(=O)(=O)c1ccc(C(C)(C)O)cc1-c1c(C(C)C)cccc1C(C)C. The number of amides is 1. The van der Waals surface area contributed by atoms with Crippen LogP contribution in [-0.4, -0.2) is 19.4 Å². The molecule has 0 heterocycles. The first-order valence-electron chi connectivity index (χ1n) is 9.79. The summed E-state index contributed by atoms with van der Waals surface area (Å²) < 4.78 is 28.0. The second-order valence-corrected chi connectivity index (χ2v) is 10.2. The minimum atomic E-state index is -4.07. The van der Waals surface area contributed by atoms with Crippen molar-refractivity contribution in [2.24, 2.45) is 0 Å². The Morgan fingerprint density at radius 3 is 1.93 bits per heavy atom. The number of nitrogens with one attached hydrogen (secondary N) is 1. The van der Waals surface area contributed by atoms with Crippen molar-refractivity contribution in [1.82, 2.24) is 4.72 Å². The van der Waals surface area contributed by atoms with E-state index < -0.39 is 21.5 Å². The van der Waals surface area contributed by atoms with Crippen LogP contribution < -0.4 is 4.72 Å². The van der Waals surface area contributed by atoms with Crippen molar-refractivity contribution in [3.8, 4) is 11.1 Å². The summed E-state index contributed by atoms with van der Waals surface area (Å²) in [6, 6.07) is 10.8. The average Bonchev–Trinajstić information content (AvgIpc) is 2.58. The van der Waals surface area contributed by atoms with Gasteiger partial charge in [0.1, 0.15) is 0 Å². The molecule has 2 aromatic rings. The van der Waals surface area contributed by atoms with E-state index in [2.05, 4.69) is 32.4 Å². The smallest absolute Gasteiger partial charge is 0.264 e. The van der Waals surface area contributed by atoms with Crippen LogP contribution >= 0.6 is 0 Å². The zero-order valence-electron chi connectivity index (χ0n) is 18.2. The molecule has 6 heteroatoms. The predicted molar refractivity (Wildman–Crippen MR) is 116 cm³/mol. The molecule has 2 aromatic carbocycles. The van der Waals surface area contributed by atoms with Crippen LogP contribution in [0.3, 0.4) is 0 Å². The highest BCUT2D eigenvalue weighted by Crippen LogP contribution is 2.40. The van der Waals surface area contributed by atoms with Gasteiger partial charge in [-0.15, -0.1) is 0 Å². The zero-order valence-corrected chi connectivity index (χ0v) is 19.0. The summed E-state index contributed by atoms with van der Waals surface area (Å²) >= 11 is 0. The molecule has 0 atom stereocenters. The lowest BCUT2D eigenvalue weighted by Gasteiger charge is -2.25. The number of benzene rings is 2. The van der Waals surface area contributed by atoms with Gasteiger partial charge >= 0.3 is 0 Å². The number of aliphatic hydroxyl groups is 1. The van der Waals surface area contributed by atoms with Crippen molar-refractivity contribution < 1.29 is 18.3 Å². The Balaban J connectivity index is 2.99. The zero-order chi connectivity index (χ0) is 22.1. The van der Waals surface area contributed by atoms with Crippen LogP contribution in [0.15, 0.2) is 41.3 Å². The number of hydrogen-bond donors (Lipinski definition) is 2. The van der Waals surface area contributed by atoms with Crippen LogP contribution in [0, 0.1) is 0 Å². The molecule has 0 unspecified atom stereocenters. The van der Waals surface area contributed by atoms with E-state index in [0.717, 1.165) is 16.7 Å². The van der Waals surface area contributed by atoms with Crippen molar-refractivity contribution in [2.75, 3.05) is 0 Å². The maximum absolute atomic E-state index is 13.0. The third-order valence-electron chi connectivity index (χ3n) is 4.90. The van der Waals surface area contributed by atoms with Gasteiger partial charge < -0.3 is 5.11 Å². The highest BCUT2D eigenvalue weighted by molar-refractivity contribution is 7.90. The van der Waals surface area contributed by atoms with Gasteiger partial charge in [0.05, 0.1) is 10.5 Å². The number of carbonyl (C=O) groups excluding carboxylic acids is 1. The van der Waals surface area contributed by atoms with Gasteiger partial charge in [-0.25, -0.2) is 13.1 Å². The van der Waals surface area contributed by atoms with Crippen LogP contribution in [0.4, 0.5) is 0 Å². The Hall–Kier alpha value is -2.18. The molecule has 2 rings (SSSR count). The first-order chi connectivity index (χ1) is 13.3.